The highest BCUT2D eigenvalue weighted by molar-refractivity contribution is 5.88. The molecule has 0 aliphatic rings. The van der Waals surface area contributed by atoms with Gasteiger partial charge in [-0.25, -0.2) is 0 Å². The molecule has 3 heteroatoms. The lowest BCUT2D eigenvalue weighted by Gasteiger charge is -2.24. The van der Waals surface area contributed by atoms with E-state index < -0.39 is 6.10 Å². The Morgan fingerprint density at radius 2 is 1.80 bits per heavy atom. The number of nitrogens with zero attached hydrogens (tertiary/aromatic N) is 1. The van der Waals surface area contributed by atoms with Gasteiger partial charge >= 0.3 is 0 Å². The van der Waals surface area contributed by atoms with Gasteiger partial charge in [-0.15, -0.1) is 0 Å². The third-order valence-corrected chi connectivity index (χ3v) is 3.56. The van der Waals surface area contributed by atoms with Gasteiger partial charge < -0.3 is 14.7 Å². The molecule has 0 radical (unpaired) electrons. The molecule has 0 aromatic heterocycles. The number of fused-ring (bicyclic) bond motifs is 1. The van der Waals surface area contributed by atoms with Crippen molar-refractivity contribution in [2.24, 2.45) is 0 Å². The molecular formula is C17H23NO2. The van der Waals surface area contributed by atoms with E-state index in [4.69, 9.17) is 4.74 Å². The number of hydrogen-bond donors (Lipinski definition) is 1. The molecule has 1 atom stereocenters. The molecule has 0 unspecified atom stereocenters. The summed E-state index contributed by atoms with van der Waals surface area (Å²) in [6.07, 6.45) is -0.485. The summed E-state index contributed by atoms with van der Waals surface area (Å²) in [5.74, 6) is 0.828. The predicted octanol–water partition coefficient (Wildman–Crippen LogP) is 2.92. The Bertz CT molecular complexity index is 548. The molecule has 0 saturated carbocycles. The third-order valence-electron chi connectivity index (χ3n) is 3.56. The Hall–Kier alpha value is -1.58. The van der Waals surface area contributed by atoms with Crippen molar-refractivity contribution in [3.8, 4) is 5.75 Å². The average Bonchev–Trinajstić information content (AvgIpc) is 2.44. The van der Waals surface area contributed by atoms with Crippen molar-refractivity contribution in [1.29, 1.82) is 0 Å². The predicted molar refractivity (Wildman–Crippen MR) is 83.2 cm³/mol. The minimum atomic E-state index is -0.485. The topological polar surface area (TPSA) is 32.7 Å². The van der Waals surface area contributed by atoms with Gasteiger partial charge in [-0.1, -0.05) is 36.4 Å². The molecule has 20 heavy (non-hydrogen) atoms. The average molecular weight is 273 g/mol. The molecule has 1 N–H and O–H groups in total. The molecule has 108 valence electrons. The Labute approximate surface area is 120 Å². The lowest BCUT2D eigenvalue weighted by Crippen LogP contribution is -2.36. The molecule has 3 nitrogen and oxygen atoms in total. The van der Waals surface area contributed by atoms with E-state index in [1.807, 2.05) is 37.4 Å². The second-order valence-electron chi connectivity index (χ2n) is 5.48. The van der Waals surface area contributed by atoms with E-state index >= 15 is 0 Å². The van der Waals surface area contributed by atoms with Crippen molar-refractivity contribution < 1.29 is 9.84 Å². The Kier molecular flexibility index (Phi) is 4.99. The summed E-state index contributed by atoms with van der Waals surface area (Å²) in [5.41, 5.74) is 0. The van der Waals surface area contributed by atoms with Crippen LogP contribution in [0.4, 0.5) is 0 Å². The summed E-state index contributed by atoms with van der Waals surface area (Å²) < 4.78 is 5.79. The van der Waals surface area contributed by atoms with Gasteiger partial charge in [0.1, 0.15) is 18.5 Å². The Morgan fingerprint density at radius 3 is 2.55 bits per heavy atom. The van der Waals surface area contributed by atoms with Crippen LogP contribution < -0.4 is 4.74 Å². The summed E-state index contributed by atoms with van der Waals surface area (Å²) in [5, 5.41) is 12.3. The maximum Gasteiger partial charge on any atom is 0.127 e. The normalized spacial score (nSPS) is 13.1. The molecule has 0 heterocycles. The number of aliphatic hydroxyl groups excluding tert-OH is 1. The van der Waals surface area contributed by atoms with Crippen LogP contribution in [0.3, 0.4) is 0 Å². The number of benzene rings is 2. The van der Waals surface area contributed by atoms with Gasteiger partial charge in [0, 0.05) is 18.0 Å². The number of rotatable bonds is 6. The first-order valence-corrected chi connectivity index (χ1v) is 7.07. The van der Waals surface area contributed by atoms with E-state index in [-0.39, 0.29) is 0 Å². The van der Waals surface area contributed by atoms with E-state index in [2.05, 4.69) is 30.9 Å². The first-order chi connectivity index (χ1) is 9.58. The highest BCUT2D eigenvalue weighted by atomic mass is 16.5. The van der Waals surface area contributed by atoms with Crippen LogP contribution in [-0.2, 0) is 0 Å². The highest BCUT2D eigenvalue weighted by Gasteiger charge is 2.12. The standard InChI is InChI=1S/C17H23NO2/c1-13(2)18(3)11-15(19)12-20-17-10-6-8-14-7-4-5-9-16(14)17/h4-10,13,15,19H,11-12H2,1-3H3/t15-/m1/s1. The van der Waals surface area contributed by atoms with Crippen molar-refractivity contribution in [1.82, 2.24) is 4.90 Å². The van der Waals surface area contributed by atoms with Crippen LogP contribution in [-0.4, -0.2) is 42.4 Å². The fourth-order valence-electron chi connectivity index (χ4n) is 2.10. The number of ether oxygens (including phenoxy) is 1. The summed E-state index contributed by atoms with van der Waals surface area (Å²) in [7, 11) is 2.01. The van der Waals surface area contributed by atoms with E-state index in [9.17, 15) is 5.11 Å². The van der Waals surface area contributed by atoms with Gasteiger partial charge in [0.05, 0.1) is 0 Å². The van der Waals surface area contributed by atoms with Gasteiger partial charge in [0.2, 0.25) is 0 Å². The minimum absolute atomic E-state index is 0.311. The minimum Gasteiger partial charge on any atom is -0.490 e. The molecule has 2 aromatic carbocycles. The third kappa shape index (κ3) is 3.71. The molecule has 0 fully saturated rings. The molecule has 2 aromatic rings. The molecule has 0 aliphatic heterocycles. The molecule has 2 rings (SSSR count). The molecule has 0 aliphatic carbocycles. The van der Waals surface area contributed by atoms with Crippen LogP contribution in [0.2, 0.25) is 0 Å². The van der Waals surface area contributed by atoms with Crippen molar-refractivity contribution in [3.63, 3.8) is 0 Å². The van der Waals surface area contributed by atoms with Gasteiger partial charge in [0.25, 0.3) is 0 Å². The Morgan fingerprint density at radius 1 is 1.10 bits per heavy atom. The van der Waals surface area contributed by atoms with Crippen LogP contribution in [0, 0.1) is 0 Å². The van der Waals surface area contributed by atoms with Crippen LogP contribution in [0.15, 0.2) is 42.5 Å². The highest BCUT2D eigenvalue weighted by Crippen LogP contribution is 2.25. The monoisotopic (exact) mass is 273 g/mol. The summed E-state index contributed by atoms with van der Waals surface area (Å²) in [6.45, 7) is 5.14. The van der Waals surface area contributed by atoms with E-state index in [1.54, 1.807) is 0 Å². The van der Waals surface area contributed by atoms with Crippen LogP contribution >= 0.6 is 0 Å². The summed E-state index contributed by atoms with van der Waals surface area (Å²) in [6, 6.07) is 14.5. The van der Waals surface area contributed by atoms with Gasteiger partial charge in [-0.2, -0.15) is 0 Å². The van der Waals surface area contributed by atoms with Crippen molar-refractivity contribution in [2.45, 2.75) is 26.0 Å². The first kappa shape index (κ1) is 14.8. The van der Waals surface area contributed by atoms with E-state index in [0.717, 1.165) is 16.5 Å². The molecule has 0 amide bonds. The SMILES string of the molecule is CC(C)N(C)C[C@@H](O)COc1cccc2ccccc12. The van der Waals surface area contributed by atoms with Crippen LogP contribution in [0.1, 0.15) is 13.8 Å². The maximum atomic E-state index is 10.0. The first-order valence-electron chi connectivity index (χ1n) is 7.07. The second-order valence-corrected chi connectivity index (χ2v) is 5.48. The lowest BCUT2D eigenvalue weighted by molar-refractivity contribution is 0.0684. The lowest BCUT2D eigenvalue weighted by atomic mass is 10.1. The Balaban J connectivity index is 1.99. The van der Waals surface area contributed by atoms with Gasteiger partial charge in [0.15, 0.2) is 0 Å². The fourth-order valence-corrected chi connectivity index (χ4v) is 2.10. The second kappa shape index (κ2) is 6.73. The molecular weight excluding hydrogens is 250 g/mol. The quantitative estimate of drug-likeness (QED) is 0.878. The van der Waals surface area contributed by atoms with Crippen LogP contribution in [0.5, 0.6) is 5.75 Å². The van der Waals surface area contributed by atoms with Crippen molar-refractivity contribution in [2.75, 3.05) is 20.2 Å². The largest absolute Gasteiger partial charge is 0.490 e. The van der Waals surface area contributed by atoms with Gasteiger partial charge in [-0.05, 0) is 32.3 Å². The maximum absolute atomic E-state index is 10.0. The van der Waals surface area contributed by atoms with Crippen molar-refractivity contribution >= 4 is 10.8 Å². The number of aliphatic hydroxyl groups is 1. The van der Waals surface area contributed by atoms with Crippen molar-refractivity contribution in [3.05, 3.63) is 42.5 Å². The van der Waals surface area contributed by atoms with E-state index in [1.165, 1.54) is 0 Å². The van der Waals surface area contributed by atoms with Crippen LogP contribution in [0.25, 0.3) is 10.8 Å². The number of hydrogen-bond acceptors (Lipinski definition) is 3. The zero-order valence-electron chi connectivity index (χ0n) is 12.4. The smallest absolute Gasteiger partial charge is 0.127 e. The van der Waals surface area contributed by atoms with Gasteiger partial charge in [-0.3, -0.25) is 0 Å². The zero-order valence-corrected chi connectivity index (χ0v) is 12.4. The zero-order chi connectivity index (χ0) is 14.5. The molecule has 0 saturated heterocycles. The molecule has 0 spiro atoms. The summed E-state index contributed by atoms with van der Waals surface area (Å²) in [4.78, 5) is 2.11. The fraction of sp³-hybridized carbons (Fsp3) is 0.412. The summed E-state index contributed by atoms with van der Waals surface area (Å²) >= 11 is 0. The van der Waals surface area contributed by atoms with E-state index in [0.29, 0.717) is 19.2 Å². The number of likely N-dealkylation sites (N-methyl/N-ethyl adjacent to an activating group) is 1. The molecule has 0 bridgehead atoms.